The van der Waals surface area contributed by atoms with Crippen LogP contribution in [0, 0.1) is 22.2 Å². The molecule has 5 atom stereocenters. The summed E-state index contributed by atoms with van der Waals surface area (Å²) in [5.41, 5.74) is -1.03. The molecule has 0 aromatic heterocycles. The van der Waals surface area contributed by atoms with Crippen molar-refractivity contribution in [3.63, 3.8) is 0 Å². The van der Waals surface area contributed by atoms with E-state index in [9.17, 15) is 9.90 Å². The van der Waals surface area contributed by atoms with Crippen molar-refractivity contribution in [1.29, 1.82) is 0 Å². The minimum absolute atomic E-state index is 0.0531. The molecule has 1 aromatic carbocycles. The van der Waals surface area contributed by atoms with Crippen molar-refractivity contribution >= 4 is 17.3 Å². The minimum Gasteiger partial charge on any atom is -0.487 e. The Morgan fingerprint density at radius 3 is 2.12 bits per heavy atom. The van der Waals surface area contributed by atoms with Gasteiger partial charge in [-0.2, -0.15) is 0 Å². The number of ketones is 3. The van der Waals surface area contributed by atoms with E-state index in [1.54, 1.807) is 26.0 Å². The van der Waals surface area contributed by atoms with Gasteiger partial charge in [0.15, 0.2) is 22.8 Å². The summed E-state index contributed by atoms with van der Waals surface area (Å²) < 4.78 is 6.65. The first-order valence-electron chi connectivity index (χ1n) is 15.7. The molecular formula is C38H50O5. The summed E-state index contributed by atoms with van der Waals surface area (Å²) in [5, 5.41) is 11.2. The van der Waals surface area contributed by atoms with Gasteiger partial charge in [-0.05, 0) is 98.8 Å². The summed E-state index contributed by atoms with van der Waals surface area (Å²) in [4.78, 5) is 45.6. The van der Waals surface area contributed by atoms with Crippen molar-refractivity contribution in [2.45, 2.75) is 113 Å². The van der Waals surface area contributed by atoms with Crippen molar-refractivity contribution in [3.05, 3.63) is 82.2 Å². The number of aliphatic hydroxyl groups excluding tert-OH is 1. The first-order chi connectivity index (χ1) is 20.0. The smallest absolute Gasteiger partial charge is 0.184 e. The number of ether oxygens (including phenoxy) is 1. The van der Waals surface area contributed by atoms with Gasteiger partial charge in [-0.1, -0.05) is 72.2 Å². The molecule has 0 spiro atoms. The van der Waals surface area contributed by atoms with E-state index >= 15 is 9.59 Å². The fourth-order valence-corrected chi connectivity index (χ4v) is 7.63. The number of hydrogen-bond acceptors (Lipinski definition) is 5. The SMILES string of the molecule is CC(C)=CCC[C@]1(C)C(CC=C(C)C)C[C@@]2(CC=C(C)C)C(=O)C3=C(OC(C)(C)[C@H](O)C3)[C@]1(C(=O)c1ccccc1)C2=O. The van der Waals surface area contributed by atoms with E-state index in [1.165, 1.54) is 5.57 Å². The van der Waals surface area contributed by atoms with Gasteiger partial charge in [0.25, 0.3) is 0 Å². The molecule has 1 aromatic rings. The quantitative estimate of drug-likeness (QED) is 0.179. The van der Waals surface area contributed by atoms with E-state index in [1.807, 2.05) is 38.1 Å². The van der Waals surface area contributed by atoms with Crippen molar-refractivity contribution < 1.29 is 24.2 Å². The Labute approximate surface area is 258 Å². The van der Waals surface area contributed by atoms with Crippen molar-refractivity contribution in [3.8, 4) is 0 Å². The maximum Gasteiger partial charge on any atom is 0.184 e. The lowest BCUT2D eigenvalue weighted by Crippen LogP contribution is -2.71. The number of rotatable bonds is 9. The number of hydrogen-bond donors (Lipinski definition) is 1. The van der Waals surface area contributed by atoms with Crippen LogP contribution in [-0.2, 0) is 14.3 Å². The Morgan fingerprint density at radius 2 is 1.53 bits per heavy atom. The molecule has 1 unspecified atom stereocenters. The molecule has 5 heteroatoms. The predicted molar refractivity (Wildman–Crippen MR) is 171 cm³/mol. The van der Waals surface area contributed by atoms with Gasteiger partial charge in [-0.15, -0.1) is 0 Å². The predicted octanol–water partition coefficient (Wildman–Crippen LogP) is 8.29. The summed E-state index contributed by atoms with van der Waals surface area (Å²) in [6, 6.07) is 9.00. The van der Waals surface area contributed by atoms with Gasteiger partial charge in [0.1, 0.15) is 11.4 Å². The number of carbonyl (C=O) groups excluding carboxylic acids is 3. The highest BCUT2D eigenvalue weighted by Gasteiger charge is 2.77. The highest BCUT2D eigenvalue weighted by atomic mass is 16.5. The maximum atomic E-state index is 15.6. The lowest BCUT2D eigenvalue weighted by Gasteiger charge is -2.63. The van der Waals surface area contributed by atoms with E-state index in [0.717, 1.165) is 11.1 Å². The van der Waals surface area contributed by atoms with Crippen LogP contribution < -0.4 is 0 Å². The third-order valence-corrected chi connectivity index (χ3v) is 10.3. The molecule has 232 valence electrons. The van der Waals surface area contributed by atoms with E-state index in [2.05, 4.69) is 46.8 Å². The second kappa shape index (κ2) is 11.8. The van der Waals surface area contributed by atoms with Crippen LogP contribution in [-0.4, -0.2) is 34.2 Å². The number of Topliss-reactive ketones (excluding diaryl/α,β-unsaturated/α-hetero) is 3. The zero-order valence-electron chi connectivity index (χ0n) is 27.6. The number of aliphatic hydroxyl groups is 1. The summed E-state index contributed by atoms with van der Waals surface area (Å²) in [7, 11) is 0. The average Bonchev–Trinajstić information content (AvgIpc) is 2.93. The molecule has 43 heavy (non-hydrogen) atoms. The Kier molecular flexibility index (Phi) is 9.02. The molecule has 1 fully saturated rings. The maximum absolute atomic E-state index is 15.6. The number of fused-ring (bicyclic) bond motifs is 3. The third-order valence-electron chi connectivity index (χ3n) is 10.3. The highest BCUT2D eigenvalue weighted by Crippen LogP contribution is 2.69. The van der Waals surface area contributed by atoms with Gasteiger partial charge in [0, 0.05) is 17.6 Å². The molecule has 1 N–H and O–H groups in total. The van der Waals surface area contributed by atoms with Crippen LogP contribution in [0.15, 0.2) is 76.6 Å². The standard InChI is InChI=1S/C38H50O5/c1-24(2)14-13-20-36(9)28(18-17-25(3)4)23-37(21-19-26(5)6)32(41)29-22-30(39)35(7,8)43-33(29)38(36,34(37)42)31(40)27-15-11-10-12-16-27/h10-12,14-17,19,28,30,39H,13,18,20-23H2,1-9H3/t28?,30-,36-,37+,38-/m1/s1. The van der Waals surface area contributed by atoms with E-state index in [-0.39, 0.29) is 41.9 Å². The zero-order chi connectivity index (χ0) is 32.0. The summed E-state index contributed by atoms with van der Waals surface area (Å²) in [5.74, 6) is -0.907. The van der Waals surface area contributed by atoms with Gasteiger partial charge < -0.3 is 9.84 Å². The summed E-state index contributed by atoms with van der Waals surface area (Å²) >= 11 is 0. The lowest BCUT2D eigenvalue weighted by molar-refractivity contribution is -0.179. The van der Waals surface area contributed by atoms with Crippen molar-refractivity contribution in [1.82, 2.24) is 0 Å². The van der Waals surface area contributed by atoms with Crippen molar-refractivity contribution in [2.75, 3.05) is 0 Å². The van der Waals surface area contributed by atoms with Gasteiger partial charge in [0.2, 0.25) is 0 Å². The van der Waals surface area contributed by atoms with Gasteiger partial charge >= 0.3 is 0 Å². The second-order valence-electron chi connectivity index (χ2n) is 14.6. The Balaban J connectivity index is 2.17. The normalized spacial score (nSPS) is 31.0. The van der Waals surface area contributed by atoms with Gasteiger partial charge in [-0.3, -0.25) is 14.4 Å². The summed E-state index contributed by atoms with van der Waals surface area (Å²) in [6.07, 6.45) is 7.88. The molecule has 0 amide bonds. The molecule has 4 rings (SSSR count). The average molecular weight is 587 g/mol. The van der Waals surface area contributed by atoms with Crippen LogP contribution in [0.5, 0.6) is 0 Å². The molecule has 1 saturated carbocycles. The van der Waals surface area contributed by atoms with Crippen LogP contribution in [0.1, 0.15) is 111 Å². The molecule has 1 aliphatic heterocycles. The first-order valence-corrected chi connectivity index (χ1v) is 15.7. The van der Waals surface area contributed by atoms with E-state index in [4.69, 9.17) is 4.74 Å². The van der Waals surface area contributed by atoms with E-state index in [0.29, 0.717) is 36.8 Å². The topological polar surface area (TPSA) is 80.7 Å². The van der Waals surface area contributed by atoms with E-state index < -0.39 is 27.9 Å². The van der Waals surface area contributed by atoms with Crippen LogP contribution >= 0.6 is 0 Å². The number of carbonyl (C=O) groups is 3. The minimum atomic E-state index is -1.72. The number of allylic oxidation sites excluding steroid dienone is 7. The molecule has 1 heterocycles. The highest BCUT2D eigenvalue weighted by molar-refractivity contribution is 6.30. The van der Waals surface area contributed by atoms with Crippen LogP contribution in [0.3, 0.4) is 0 Å². The molecule has 0 saturated heterocycles. The van der Waals surface area contributed by atoms with Crippen LogP contribution in [0.25, 0.3) is 0 Å². The van der Waals surface area contributed by atoms with Crippen LogP contribution in [0.2, 0.25) is 0 Å². The monoisotopic (exact) mass is 586 g/mol. The molecule has 0 radical (unpaired) electrons. The molecule has 3 aliphatic rings. The third kappa shape index (κ3) is 5.32. The fraction of sp³-hybridized carbons (Fsp3) is 0.553. The Bertz CT molecular complexity index is 1410. The van der Waals surface area contributed by atoms with Crippen molar-refractivity contribution in [2.24, 2.45) is 22.2 Å². The molecule has 2 bridgehead atoms. The lowest BCUT2D eigenvalue weighted by atomic mass is 9.38. The molecule has 5 nitrogen and oxygen atoms in total. The first kappa shape index (κ1) is 32.9. The van der Waals surface area contributed by atoms with Gasteiger partial charge in [0.05, 0.1) is 11.5 Å². The summed E-state index contributed by atoms with van der Waals surface area (Å²) in [6.45, 7) is 17.8. The molecular weight excluding hydrogens is 536 g/mol. The Hall–Kier alpha value is -3.05. The largest absolute Gasteiger partial charge is 0.487 e. The van der Waals surface area contributed by atoms with Gasteiger partial charge in [-0.25, -0.2) is 0 Å². The number of benzene rings is 1. The second-order valence-corrected chi connectivity index (χ2v) is 14.6. The molecule has 2 aliphatic carbocycles. The van der Waals surface area contributed by atoms with Crippen LogP contribution in [0.4, 0.5) is 0 Å². The fourth-order valence-electron chi connectivity index (χ4n) is 7.63. The Morgan fingerprint density at radius 1 is 0.930 bits per heavy atom. The zero-order valence-corrected chi connectivity index (χ0v) is 27.6.